The number of nitrogens with two attached hydrogens (primary N) is 1. The summed E-state index contributed by atoms with van der Waals surface area (Å²) in [4.78, 5) is 15.6. The SMILES string of the molecule is Nc1cc(C(=O)OCc2ccccc2Br)ccn1. The van der Waals surface area contributed by atoms with Crippen LogP contribution in [-0.2, 0) is 11.3 Å². The van der Waals surface area contributed by atoms with Crippen LogP contribution >= 0.6 is 15.9 Å². The number of aromatic nitrogens is 1. The summed E-state index contributed by atoms with van der Waals surface area (Å²) in [5.74, 6) is -0.120. The molecule has 2 rings (SSSR count). The molecule has 0 aliphatic carbocycles. The molecule has 2 aromatic rings. The van der Waals surface area contributed by atoms with E-state index in [2.05, 4.69) is 20.9 Å². The van der Waals surface area contributed by atoms with Crippen LogP contribution in [0, 0.1) is 0 Å². The summed E-state index contributed by atoms with van der Waals surface area (Å²) in [7, 11) is 0. The van der Waals surface area contributed by atoms with Crippen molar-refractivity contribution in [3.63, 3.8) is 0 Å². The highest BCUT2D eigenvalue weighted by molar-refractivity contribution is 9.10. The van der Waals surface area contributed by atoms with Crippen molar-refractivity contribution in [2.75, 3.05) is 5.73 Å². The van der Waals surface area contributed by atoms with Crippen molar-refractivity contribution in [2.45, 2.75) is 6.61 Å². The predicted octanol–water partition coefficient (Wildman–Crippen LogP) is 2.78. The van der Waals surface area contributed by atoms with Gasteiger partial charge in [0.25, 0.3) is 0 Å². The molecule has 0 fully saturated rings. The van der Waals surface area contributed by atoms with Gasteiger partial charge in [-0.1, -0.05) is 34.1 Å². The Kier molecular flexibility index (Phi) is 3.94. The molecule has 0 aliphatic heterocycles. The fourth-order valence-corrected chi connectivity index (χ4v) is 1.82. The predicted molar refractivity (Wildman–Crippen MR) is 71.9 cm³/mol. The molecule has 0 saturated carbocycles. The van der Waals surface area contributed by atoms with Crippen molar-refractivity contribution in [1.29, 1.82) is 0 Å². The first kappa shape index (κ1) is 12.6. The zero-order chi connectivity index (χ0) is 13.0. The molecule has 92 valence electrons. The Hall–Kier alpha value is -1.88. The van der Waals surface area contributed by atoms with E-state index >= 15 is 0 Å². The summed E-state index contributed by atoms with van der Waals surface area (Å²) in [6.07, 6.45) is 1.48. The molecular formula is C13H11BrN2O2. The standard InChI is InChI=1S/C13H11BrN2O2/c14-11-4-2-1-3-10(11)8-18-13(17)9-5-6-16-12(15)7-9/h1-7H,8H2,(H2,15,16). The van der Waals surface area contributed by atoms with Gasteiger partial charge in [0.1, 0.15) is 12.4 Å². The Morgan fingerprint density at radius 3 is 2.83 bits per heavy atom. The Morgan fingerprint density at radius 1 is 1.33 bits per heavy atom. The fourth-order valence-electron chi connectivity index (χ4n) is 1.42. The molecule has 2 N–H and O–H groups in total. The van der Waals surface area contributed by atoms with Gasteiger partial charge < -0.3 is 10.5 Å². The van der Waals surface area contributed by atoms with Crippen LogP contribution in [0.4, 0.5) is 5.82 Å². The van der Waals surface area contributed by atoms with Gasteiger partial charge in [-0.05, 0) is 18.2 Å². The number of benzene rings is 1. The zero-order valence-electron chi connectivity index (χ0n) is 9.47. The highest BCUT2D eigenvalue weighted by Crippen LogP contribution is 2.17. The second-order valence-electron chi connectivity index (χ2n) is 3.64. The summed E-state index contributed by atoms with van der Waals surface area (Å²) in [6.45, 7) is 0.211. The molecule has 0 radical (unpaired) electrons. The van der Waals surface area contributed by atoms with Gasteiger partial charge in [-0.25, -0.2) is 9.78 Å². The van der Waals surface area contributed by atoms with Crippen molar-refractivity contribution in [1.82, 2.24) is 4.98 Å². The van der Waals surface area contributed by atoms with Crippen molar-refractivity contribution < 1.29 is 9.53 Å². The van der Waals surface area contributed by atoms with Crippen LogP contribution in [0.3, 0.4) is 0 Å². The molecule has 0 aliphatic rings. The molecule has 0 spiro atoms. The third-order valence-electron chi connectivity index (χ3n) is 2.33. The number of pyridine rings is 1. The van der Waals surface area contributed by atoms with Crippen LogP contribution in [0.2, 0.25) is 0 Å². The first-order valence-corrected chi connectivity index (χ1v) is 6.08. The first-order chi connectivity index (χ1) is 8.66. The number of nitrogen functional groups attached to an aromatic ring is 1. The molecule has 1 aromatic heterocycles. The van der Waals surface area contributed by atoms with Gasteiger partial charge in [0.15, 0.2) is 0 Å². The maximum Gasteiger partial charge on any atom is 0.338 e. The number of halogens is 1. The minimum atomic E-state index is -0.417. The molecule has 4 nitrogen and oxygen atoms in total. The average molecular weight is 307 g/mol. The molecule has 0 saturated heterocycles. The largest absolute Gasteiger partial charge is 0.457 e. The third-order valence-corrected chi connectivity index (χ3v) is 3.11. The lowest BCUT2D eigenvalue weighted by Gasteiger charge is -2.06. The molecular weight excluding hydrogens is 296 g/mol. The quantitative estimate of drug-likeness (QED) is 0.886. The number of ether oxygens (including phenoxy) is 1. The molecule has 5 heteroatoms. The minimum Gasteiger partial charge on any atom is -0.457 e. The molecule has 0 unspecified atom stereocenters. The normalized spacial score (nSPS) is 10.1. The van der Waals surface area contributed by atoms with E-state index in [1.807, 2.05) is 24.3 Å². The van der Waals surface area contributed by atoms with E-state index in [1.54, 1.807) is 6.07 Å². The van der Waals surface area contributed by atoms with Crippen LogP contribution in [0.25, 0.3) is 0 Å². The molecule has 1 heterocycles. The van der Waals surface area contributed by atoms with Gasteiger partial charge in [0.2, 0.25) is 0 Å². The lowest BCUT2D eigenvalue weighted by atomic mass is 10.2. The monoisotopic (exact) mass is 306 g/mol. The number of hydrogen-bond donors (Lipinski definition) is 1. The van der Waals surface area contributed by atoms with Crippen molar-refractivity contribution in [3.05, 3.63) is 58.2 Å². The number of rotatable bonds is 3. The summed E-state index contributed by atoms with van der Waals surface area (Å²) in [5, 5.41) is 0. The topological polar surface area (TPSA) is 65.2 Å². The Labute approximate surface area is 113 Å². The lowest BCUT2D eigenvalue weighted by Crippen LogP contribution is -2.06. The van der Waals surface area contributed by atoms with Gasteiger partial charge in [0, 0.05) is 16.2 Å². The van der Waals surface area contributed by atoms with Gasteiger partial charge in [0.05, 0.1) is 5.56 Å². The van der Waals surface area contributed by atoms with Crippen molar-refractivity contribution in [2.24, 2.45) is 0 Å². The van der Waals surface area contributed by atoms with E-state index in [1.165, 1.54) is 12.3 Å². The summed E-state index contributed by atoms with van der Waals surface area (Å²) in [6, 6.07) is 10.6. The van der Waals surface area contributed by atoms with Crippen molar-refractivity contribution in [3.8, 4) is 0 Å². The van der Waals surface area contributed by atoms with Gasteiger partial charge in [-0.3, -0.25) is 0 Å². The van der Waals surface area contributed by atoms with E-state index in [-0.39, 0.29) is 6.61 Å². The van der Waals surface area contributed by atoms with E-state index in [0.29, 0.717) is 11.4 Å². The highest BCUT2D eigenvalue weighted by Gasteiger charge is 2.08. The molecule has 0 atom stereocenters. The van der Waals surface area contributed by atoms with Gasteiger partial charge in [-0.2, -0.15) is 0 Å². The van der Waals surface area contributed by atoms with Crippen LogP contribution in [0.1, 0.15) is 15.9 Å². The number of hydrogen-bond acceptors (Lipinski definition) is 4. The summed E-state index contributed by atoms with van der Waals surface area (Å²) >= 11 is 3.39. The maximum atomic E-state index is 11.8. The van der Waals surface area contributed by atoms with Crippen LogP contribution in [0.15, 0.2) is 47.1 Å². The van der Waals surface area contributed by atoms with Crippen LogP contribution < -0.4 is 5.73 Å². The number of anilines is 1. The Morgan fingerprint density at radius 2 is 2.11 bits per heavy atom. The Balaban J connectivity index is 2.03. The maximum absolute atomic E-state index is 11.8. The second-order valence-corrected chi connectivity index (χ2v) is 4.49. The highest BCUT2D eigenvalue weighted by atomic mass is 79.9. The molecule has 0 amide bonds. The van der Waals surface area contributed by atoms with Crippen LogP contribution in [0.5, 0.6) is 0 Å². The van der Waals surface area contributed by atoms with E-state index < -0.39 is 5.97 Å². The van der Waals surface area contributed by atoms with E-state index in [9.17, 15) is 4.79 Å². The number of nitrogens with zero attached hydrogens (tertiary/aromatic N) is 1. The number of carbonyl (C=O) groups excluding carboxylic acids is 1. The van der Waals surface area contributed by atoms with E-state index in [4.69, 9.17) is 10.5 Å². The first-order valence-electron chi connectivity index (χ1n) is 5.29. The second kappa shape index (κ2) is 5.64. The molecule has 0 bridgehead atoms. The smallest absolute Gasteiger partial charge is 0.338 e. The third kappa shape index (κ3) is 3.07. The van der Waals surface area contributed by atoms with Crippen LogP contribution in [-0.4, -0.2) is 11.0 Å². The number of esters is 1. The molecule has 1 aromatic carbocycles. The number of carbonyl (C=O) groups is 1. The lowest BCUT2D eigenvalue weighted by molar-refractivity contribution is 0.0472. The average Bonchev–Trinajstić information content (AvgIpc) is 2.37. The van der Waals surface area contributed by atoms with E-state index in [0.717, 1.165) is 10.0 Å². The minimum absolute atomic E-state index is 0.211. The Bertz CT molecular complexity index is 572. The molecule has 18 heavy (non-hydrogen) atoms. The fraction of sp³-hybridized carbons (Fsp3) is 0.0769. The summed E-state index contributed by atoms with van der Waals surface area (Å²) in [5.41, 5.74) is 6.81. The summed E-state index contributed by atoms with van der Waals surface area (Å²) < 4.78 is 6.11. The van der Waals surface area contributed by atoms with Gasteiger partial charge in [-0.15, -0.1) is 0 Å². The zero-order valence-corrected chi connectivity index (χ0v) is 11.1. The van der Waals surface area contributed by atoms with Crippen molar-refractivity contribution >= 4 is 27.7 Å². The van der Waals surface area contributed by atoms with Gasteiger partial charge >= 0.3 is 5.97 Å².